The predicted octanol–water partition coefficient (Wildman–Crippen LogP) is 1.68. The van der Waals surface area contributed by atoms with Crippen molar-refractivity contribution in [2.24, 2.45) is 0 Å². The van der Waals surface area contributed by atoms with Crippen molar-refractivity contribution in [1.29, 1.82) is 0 Å². The number of aryl methyl sites for hydroxylation is 1. The van der Waals surface area contributed by atoms with Gasteiger partial charge in [-0.2, -0.15) is 0 Å². The first kappa shape index (κ1) is 13.4. The van der Waals surface area contributed by atoms with Crippen molar-refractivity contribution in [2.75, 3.05) is 0 Å². The molecule has 3 N–H and O–H groups in total. The topological polar surface area (TPSA) is 91.2 Å². The molecular weight excluding hydrogens is 246 g/mol. The molecule has 6 nitrogen and oxygen atoms in total. The van der Waals surface area contributed by atoms with Crippen molar-refractivity contribution < 1.29 is 14.3 Å². The first-order valence-corrected chi connectivity index (χ1v) is 6.16. The van der Waals surface area contributed by atoms with Gasteiger partial charge in [0.2, 0.25) is 0 Å². The van der Waals surface area contributed by atoms with Crippen LogP contribution in [0.1, 0.15) is 47.2 Å². The van der Waals surface area contributed by atoms with Gasteiger partial charge in [0.1, 0.15) is 18.2 Å². The smallest absolute Gasteiger partial charge is 0.287 e. The summed E-state index contributed by atoms with van der Waals surface area (Å²) >= 11 is 0. The fraction of sp³-hybridized carbons (Fsp3) is 0.385. The van der Waals surface area contributed by atoms with E-state index in [2.05, 4.69) is 15.3 Å². The quantitative estimate of drug-likeness (QED) is 0.765. The summed E-state index contributed by atoms with van der Waals surface area (Å²) in [5, 5.41) is 11.7. The average Bonchev–Trinajstić information content (AvgIpc) is 3.04. The molecule has 102 valence electrons. The highest BCUT2D eigenvalue weighted by Gasteiger charge is 2.18. The second kappa shape index (κ2) is 5.71. The van der Waals surface area contributed by atoms with Gasteiger partial charge in [-0.1, -0.05) is 6.92 Å². The zero-order chi connectivity index (χ0) is 13.8. The second-order valence-corrected chi connectivity index (χ2v) is 4.31. The summed E-state index contributed by atoms with van der Waals surface area (Å²) in [5.74, 6) is 0.959. The zero-order valence-corrected chi connectivity index (χ0v) is 10.9. The van der Waals surface area contributed by atoms with E-state index in [0.717, 1.165) is 11.5 Å². The number of carbonyl (C=O) groups excluding carboxylic acids is 1. The van der Waals surface area contributed by atoms with Gasteiger partial charge in [0.05, 0.1) is 6.04 Å². The number of nitrogens with zero attached hydrogens (tertiary/aromatic N) is 1. The number of hydrogen-bond donors (Lipinski definition) is 3. The summed E-state index contributed by atoms with van der Waals surface area (Å²) in [7, 11) is 0. The molecule has 1 atom stereocenters. The predicted molar refractivity (Wildman–Crippen MR) is 68.5 cm³/mol. The third-order valence-corrected chi connectivity index (χ3v) is 2.81. The minimum Gasteiger partial charge on any atom is -0.453 e. The Morgan fingerprint density at radius 3 is 2.89 bits per heavy atom. The lowest BCUT2D eigenvalue weighted by atomic mass is 10.2. The molecule has 1 unspecified atom stereocenters. The molecule has 2 aromatic heterocycles. The van der Waals surface area contributed by atoms with Crippen LogP contribution in [0.15, 0.2) is 22.7 Å². The third-order valence-electron chi connectivity index (χ3n) is 2.81. The third kappa shape index (κ3) is 3.03. The Morgan fingerprint density at radius 2 is 2.37 bits per heavy atom. The molecule has 0 saturated carbocycles. The highest BCUT2D eigenvalue weighted by Crippen LogP contribution is 2.15. The number of nitrogens with one attached hydrogen (secondary N) is 2. The molecule has 0 aromatic carbocycles. The maximum atomic E-state index is 12.0. The molecule has 1 amide bonds. The number of aliphatic hydroxyl groups excluding tert-OH is 1. The normalized spacial score (nSPS) is 12.4. The van der Waals surface area contributed by atoms with Gasteiger partial charge in [-0.3, -0.25) is 4.79 Å². The van der Waals surface area contributed by atoms with Crippen LogP contribution < -0.4 is 5.32 Å². The van der Waals surface area contributed by atoms with Crippen LogP contribution in [0.2, 0.25) is 0 Å². The lowest BCUT2D eigenvalue weighted by molar-refractivity contribution is 0.0901. The van der Waals surface area contributed by atoms with E-state index in [1.54, 1.807) is 18.3 Å². The number of hydrogen-bond acceptors (Lipinski definition) is 4. The van der Waals surface area contributed by atoms with Gasteiger partial charge in [-0.25, -0.2) is 4.98 Å². The molecule has 2 heterocycles. The molecule has 2 rings (SSSR count). The summed E-state index contributed by atoms with van der Waals surface area (Å²) in [6.45, 7) is 3.65. The number of rotatable bonds is 5. The van der Waals surface area contributed by atoms with E-state index in [4.69, 9.17) is 9.52 Å². The van der Waals surface area contributed by atoms with E-state index < -0.39 is 0 Å². The van der Waals surface area contributed by atoms with Crippen molar-refractivity contribution >= 4 is 5.91 Å². The van der Waals surface area contributed by atoms with Crippen LogP contribution in [0.25, 0.3) is 0 Å². The molecule has 0 saturated heterocycles. The van der Waals surface area contributed by atoms with Crippen LogP contribution in [0.5, 0.6) is 0 Å². The molecule has 0 fully saturated rings. The molecule has 19 heavy (non-hydrogen) atoms. The number of amides is 1. The zero-order valence-electron chi connectivity index (χ0n) is 10.9. The van der Waals surface area contributed by atoms with Gasteiger partial charge in [0.15, 0.2) is 5.76 Å². The Hall–Kier alpha value is -2.08. The van der Waals surface area contributed by atoms with Gasteiger partial charge in [-0.15, -0.1) is 0 Å². The maximum absolute atomic E-state index is 12.0. The van der Waals surface area contributed by atoms with Crippen molar-refractivity contribution in [3.63, 3.8) is 0 Å². The Balaban J connectivity index is 2.08. The van der Waals surface area contributed by atoms with Gasteiger partial charge in [-0.05, 0) is 25.5 Å². The molecule has 6 heteroatoms. The fourth-order valence-electron chi connectivity index (χ4n) is 1.79. The highest BCUT2D eigenvalue weighted by atomic mass is 16.4. The number of aromatic amines is 1. The van der Waals surface area contributed by atoms with E-state index in [1.165, 1.54) is 0 Å². The Bertz CT molecular complexity index is 559. The van der Waals surface area contributed by atoms with Crippen LogP contribution >= 0.6 is 0 Å². The van der Waals surface area contributed by atoms with Crippen LogP contribution in [0.4, 0.5) is 0 Å². The minimum atomic E-state index is -0.319. The van der Waals surface area contributed by atoms with E-state index in [-0.39, 0.29) is 24.3 Å². The van der Waals surface area contributed by atoms with E-state index in [9.17, 15) is 4.79 Å². The largest absolute Gasteiger partial charge is 0.453 e. The SMILES string of the molecule is CCC(NC(=O)c1ccc(CO)o1)c1ncc(C)[nH]1. The molecule has 0 aliphatic carbocycles. The Kier molecular flexibility index (Phi) is 4.01. The molecule has 0 spiro atoms. The van der Waals surface area contributed by atoms with Gasteiger partial charge >= 0.3 is 0 Å². The van der Waals surface area contributed by atoms with Crippen LogP contribution in [-0.2, 0) is 6.61 Å². The van der Waals surface area contributed by atoms with Crippen molar-refractivity contribution in [1.82, 2.24) is 15.3 Å². The Morgan fingerprint density at radius 1 is 1.58 bits per heavy atom. The van der Waals surface area contributed by atoms with Crippen LogP contribution in [-0.4, -0.2) is 21.0 Å². The standard InChI is InChI=1S/C13H17N3O3/c1-3-10(12-14-6-8(2)15-12)16-13(18)11-5-4-9(7-17)19-11/h4-6,10,17H,3,7H2,1-2H3,(H,14,15)(H,16,18). The molecule has 0 aliphatic rings. The number of aliphatic hydroxyl groups is 1. The summed E-state index contributed by atoms with van der Waals surface area (Å²) in [6, 6.07) is 2.93. The van der Waals surface area contributed by atoms with Crippen molar-refractivity contribution in [3.05, 3.63) is 41.4 Å². The van der Waals surface area contributed by atoms with E-state index >= 15 is 0 Å². The number of H-pyrrole nitrogens is 1. The first-order chi connectivity index (χ1) is 9.13. The summed E-state index contributed by atoms with van der Waals surface area (Å²) < 4.78 is 5.19. The molecule has 0 radical (unpaired) electrons. The number of carbonyl (C=O) groups is 1. The minimum absolute atomic E-state index is 0.186. The van der Waals surface area contributed by atoms with E-state index in [1.807, 2.05) is 13.8 Å². The van der Waals surface area contributed by atoms with E-state index in [0.29, 0.717) is 12.2 Å². The van der Waals surface area contributed by atoms with Crippen LogP contribution in [0, 0.1) is 6.92 Å². The lowest BCUT2D eigenvalue weighted by Gasteiger charge is -2.13. The molecular formula is C13H17N3O3. The summed E-state index contributed by atoms with van der Waals surface area (Å²) in [4.78, 5) is 19.3. The Labute approximate surface area is 110 Å². The lowest BCUT2D eigenvalue weighted by Crippen LogP contribution is -2.28. The van der Waals surface area contributed by atoms with Crippen molar-refractivity contribution in [3.8, 4) is 0 Å². The van der Waals surface area contributed by atoms with Gasteiger partial charge < -0.3 is 19.8 Å². The maximum Gasteiger partial charge on any atom is 0.287 e. The molecule has 0 bridgehead atoms. The average molecular weight is 263 g/mol. The van der Waals surface area contributed by atoms with Crippen molar-refractivity contribution in [2.45, 2.75) is 32.9 Å². The van der Waals surface area contributed by atoms with Crippen LogP contribution in [0.3, 0.4) is 0 Å². The fourth-order valence-corrected chi connectivity index (χ4v) is 1.79. The van der Waals surface area contributed by atoms with Gasteiger partial charge in [0.25, 0.3) is 5.91 Å². The summed E-state index contributed by atoms with van der Waals surface area (Å²) in [6.07, 6.45) is 2.44. The number of furan rings is 1. The van der Waals surface area contributed by atoms with Gasteiger partial charge in [0, 0.05) is 11.9 Å². The highest BCUT2D eigenvalue weighted by molar-refractivity contribution is 5.91. The number of imidazole rings is 1. The number of aromatic nitrogens is 2. The second-order valence-electron chi connectivity index (χ2n) is 4.31. The monoisotopic (exact) mass is 263 g/mol. The molecule has 0 aliphatic heterocycles. The first-order valence-electron chi connectivity index (χ1n) is 6.16. The summed E-state index contributed by atoms with van der Waals surface area (Å²) in [5.41, 5.74) is 0.947. The molecule has 2 aromatic rings.